The lowest BCUT2D eigenvalue weighted by Crippen LogP contribution is -2.48. The molecule has 1 heterocycles. The van der Waals surface area contributed by atoms with E-state index in [9.17, 15) is 27.5 Å². The summed E-state index contributed by atoms with van der Waals surface area (Å²) in [6.07, 6.45) is -1.25. The van der Waals surface area contributed by atoms with E-state index in [4.69, 9.17) is 0 Å². The van der Waals surface area contributed by atoms with Gasteiger partial charge in [-0.1, -0.05) is 26.7 Å². The van der Waals surface area contributed by atoms with Crippen LogP contribution < -0.4 is 5.32 Å². The zero-order valence-electron chi connectivity index (χ0n) is 15.6. The van der Waals surface area contributed by atoms with Crippen LogP contribution in [0, 0.1) is 11.7 Å². The zero-order chi connectivity index (χ0) is 20.2. The molecular formula is C19H26F4N2O2. The van der Waals surface area contributed by atoms with Gasteiger partial charge < -0.3 is 15.3 Å². The number of benzene rings is 1. The first-order valence-corrected chi connectivity index (χ1v) is 9.22. The highest BCUT2D eigenvalue weighted by Crippen LogP contribution is 2.33. The van der Waals surface area contributed by atoms with E-state index in [0.29, 0.717) is 50.4 Å². The van der Waals surface area contributed by atoms with Crippen molar-refractivity contribution in [3.63, 3.8) is 0 Å². The Kier molecular flexibility index (Phi) is 6.72. The summed E-state index contributed by atoms with van der Waals surface area (Å²) in [7, 11) is 0. The van der Waals surface area contributed by atoms with Crippen LogP contribution in [0.2, 0.25) is 0 Å². The number of alkyl halides is 3. The summed E-state index contributed by atoms with van der Waals surface area (Å²) in [5.41, 5.74) is -2.23. The highest BCUT2D eigenvalue weighted by molar-refractivity contribution is 5.89. The number of hydrogen-bond donors (Lipinski definition) is 2. The quantitative estimate of drug-likeness (QED) is 0.693. The number of piperidine rings is 1. The van der Waals surface area contributed by atoms with Gasteiger partial charge in [-0.2, -0.15) is 13.2 Å². The Morgan fingerprint density at radius 3 is 2.33 bits per heavy atom. The number of halogens is 4. The van der Waals surface area contributed by atoms with Crippen LogP contribution in [0.4, 0.5) is 28.0 Å². The summed E-state index contributed by atoms with van der Waals surface area (Å²) in [6, 6.07) is 1.34. The summed E-state index contributed by atoms with van der Waals surface area (Å²) in [5.74, 6) is -0.651. The molecular weight excluding hydrogens is 364 g/mol. The van der Waals surface area contributed by atoms with Crippen molar-refractivity contribution in [2.24, 2.45) is 5.92 Å². The topological polar surface area (TPSA) is 52.6 Å². The summed E-state index contributed by atoms with van der Waals surface area (Å²) >= 11 is 0. The minimum atomic E-state index is -4.70. The van der Waals surface area contributed by atoms with E-state index in [1.165, 1.54) is 4.90 Å². The maximum atomic E-state index is 13.4. The summed E-state index contributed by atoms with van der Waals surface area (Å²) in [4.78, 5) is 13.7. The van der Waals surface area contributed by atoms with Gasteiger partial charge in [0.1, 0.15) is 5.82 Å². The zero-order valence-corrected chi connectivity index (χ0v) is 15.6. The molecule has 1 fully saturated rings. The number of nitrogens with one attached hydrogen (secondary N) is 1. The lowest BCUT2D eigenvalue weighted by molar-refractivity contribution is -0.137. The first kappa shape index (κ1) is 21.5. The number of urea groups is 1. The van der Waals surface area contributed by atoms with E-state index in [0.717, 1.165) is 18.9 Å². The van der Waals surface area contributed by atoms with Crippen molar-refractivity contribution in [2.75, 3.05) is 18.4 Å². The fourth-order valence-corrected chi connectivity index (χ4v) is 3.47. The van der Waals surface area contributed by atoms with Crippen molar-refractivity contribution in [2.45, 2.75) is 57.7 Å². The Labute approximate surface area is 156 Å². The van der Waals surface area contributed by atoms with Crippen LogP contribution in [0.5, 0.6) is 0 Å². The van der Waals surface area contributed by atoms with E-state index in [2.05, 4.69) is 19.2 Å². The van der Waals surface area contributed by atoms with Gasteiger partial charge in [-0.15, -0.1) is 0 Å². The number of carbonyl (C=O) groups is 1. The number of amides is 2. The normalized spacial score (nSPS) is 17.3. The Morgan fingerprint density at radius 1 is 1.22 bits per heavy atom. The molecule has 1 saturated heterocycles. The third-order valence-electron chi connectivity index (χ3n) is 5.28. The Morgan fingerprint density at radius 2 is 1.81 bits per heavy atom. The van der Waals surface area contributed by atoms with Crippen molar-refractivity contribution in [3.8, 4) is 0 Å². The van der Waals surface area contributed by atoms with Crippen molar-refractivity contribution in [1.29, 1.82) is 0 Å². The predicted molar refractivity (Wildman–Crippen MR) is 94.9 cm³/mol. The summed E-state index contributed by atoms with van der Waals surface area (Å²) in [6.45, 7) is 4.75. The molecule has 2 amide bonds. The molecule has 4 nitrogen and oxygen atoms in total. The number of likely N-dealkylation sites (tertiary alicyclic amines) is 1. The van der Waals surface area contributed by atoms with E-state index in [-0.39, 0.29) is 5.69 Å². The third-order valence-corrected chi connectivity index (χ3v) is 5.28. The number of rotatable bonds is 5. The highest BCUT2D eigenvalue weighted by Gasteiger charge is 2.36. The van der Waals surface area contributed by atoms with Gasteiger partial charge in [-0.25, -0.2) is 9.18 Å². The molecule has 0 aliphatic carbocycles. The van der Waals surface area contributed by atoms with Crippen LogP contribution in [0.25, 0.3) is 0 Å². The van der Waals surface area contributed by atoms with Crippen molar-refractivity contribution in [3.05, 3.63) is 29.6 Å². The molecule has 0 aromatic heterocycles. The number of nitrogens with zero attached hydrogens (tertiary/aromatic N) is 1. The average Bonchev–Trinajstić information content (AvgIpc) is 2.59. The van der Waals surface area contributed by atoms with Crippen LogP contribution in [-0.2, 0) is 6.18 Å². The molecule has 1 aromatic rings. The van der Waals surface area contributed by atoms with Gasteiger partial charge in [0.25, 0.3) is 0 Å². The maximum absolute atomic E-state index is 13.4. The SMILES string of the molecule is CCC(CC)CC1(O)CCN(C(=O)Nc2cc(F)cc(C(F)(F)F)c2)CC1. The van der Waals surface area contributed by atoms with Gasteiger partial charge in [0.05, 0.1) is 11.2 Å². The van der Waals surface area contributed by atoms with Gasteiger partial charge in [-0.05, 0) is 43.4 Å². The molecule has 152 valence electrons. The van der Waals surface area contributed by atoms with Crippen LogP contribution in [0.1, 0.15) is 51.5 Å². The van der Waals surface area contributed by atoms with Crippen molar-refractivity contribution < 1.29 is 27.5 Å². The minimum absolute atomic E-state index is 0.245. The van der Waals surface area contributed by atoms with E-state index in [1.807, 2.05) is 0 Å². The molecule has 8 heteroatoms. The molecule has 0 saturated carbocycles. The summed E-state index contributed by atoms with van der Waals surface area (Å²) in [5, 5.41) is 13.0. The molecule has 1 aromatic carbocycles. The average molecular weight is 390 g/mol. The number of carbonyl (C=O) groups excluding carboxylic acids is 1. The Hall–Kier alpha value is -1.83. The molecule has 1 aliphatic heterocycles. The molecule has 0 spiro atoms. The lowest BCUT2D eigenvalue weighted by Gasteiger charge is -2.39. The van der Waals surface area contributed by atoms with Crippen LogP contribution >= 0.6 is 0 Å². The Bertz CT molecular complexity index is 652. The molecule has 2 rings (SSSR count). The molecule has 0 unspecified atom stereocenters. The first-order chi connectivity index (χ1) is 12.6. The predicted octanol–water partition coefficient (Wildman–Crippen LogP) is 5.03. The van der Waals surface area contributed by atoms with E-state index < -0.39 is 29.2 Å². The lowest BCUT2D eigenvalue weighted by atomic mass is 9.81. The second-order valence-corrected chi connectivity index (χ2v) is 7.25. The van der Waals surface area contributed by atoms with E-state index >= 15 is 0 Å². The monoisotopic (exact) mass is 390 g/mol. The summed E-state index contributed by atoms with van der Waals surface area (Å²) < 4.78 is 51.8. The number of anilines is 1. The van der Waals surface area contributed by atoms with Gasteiger partial charge in [0.15, 0.2) is 0 Å². The largest absolute Gasteiger partial charge is 0.416 e. The highest BCUT2D eigenvalue weighted by atomic mass is 19.4. The Balaban J connectivity index is 1.98. The smallest absolute Gasteiger partial charge is 0.390 e. The second-order valence-electron chi connectivity index (χ2n) is 7.25. The van der Waals surface area contributed by atoms with Crippen molar-refractivity contribution in [1.82, 2.24) is 4.90 Å². The molecule has 0 radical (unpaired) electrons. The van der Waals surface area contributed by atoms with Crippen LogP contribution in [0.15, 0.2) is 18.2 Å². The molecule has 2 N–H and O–H groups in total. The second kappa shape index (κ2) is 8.46. The number of aliphatic hydroxyl groups is 1. The molecule has 0 atom stereocenters. The molecule has 27 heavy (non-hydrogen) atoms. The van der Waals surface area contributed by atoms with Crippen molar-refractivity contribution >= 4 is 11.7 Å². The first-order valence-electron chi connectivity index (χ1n) is 9.22. The minimum Gasteiger partial charge on any atom is -0.390 e. The molecule has 0 bridgehead atoms. The van der Waals surface area contributed by atoms with Crippen LogP contribution in [0.3, 0.4) is 0 Å². The van der Waals surface area contributed by atoms with E-state index in [1.54, 1.807) is 0 Å². The van der Waals surface area contributed by atoms with Gasteiger partial charge in [0, 0.05) is 18.8 Å². The van der Waals surface area contributed by atoms with Gasteiger partial charge in [-0.3, -0.25) is 0 Å². The molecule has 1 aliphatic rings. The maximum Gasteiger partial charge on any atom is 0.416 e. The third kappa shape index (κ3) is 5.82. The number of hydrogen-bond acceptors (Lipinski definition) is 2. The van der Waals surface area contributed by atoms with Gasteiger partial charge >= 0.3 is 12.2 Å². The van der Waals surface area contributed by atoms with Gasteiger partial charge in [0.2, 0.25) is 0 Å². The van der Waals surface area contributed by atoms with Crippen LogP contribution in [-0.4, -0.2) is 34.7 Å². The fourth-order valence-electron chi connectivity index (χ4n) is 3.47. The fraction of sp³-hybridized carbons (Fsp3) is 0.632. The standard InChI is InChI=1S/C19H26F4N2O2/c1-3-13(4-2)12-18(27)5-7-25(8-6-18)17(26)24-16-10-14(19(21,22)23)9-15(20)11-16/h9-11,13,27H,3-8,12H2,1-2H3,(H,24,26).